The van der Waals surface area contributed by atoms with Crippen molar-refractivity contribution in [2.75, 3.05) is 5.32 Å². The molecule has 0 aliphatic carbocycles. The number of alkyl halides is 3. The first-order chi connectivity index (χ1) is 9.36. The van der Waals surface area contributed by atoms with Gasteiger partial charge in [0.15, 0.2) is 0 Å². The number of benzene rings is 1. The maximum Gasteiger partial charge on any atom is 0.418 e. The van der Waals surface area contributed by atoms with Crippen LogP contribution < -0.4 is 5.32 Å². The fourth-order valence-electron chi connectivity index (χ4n) is 1.60. The lowest BCUT2D eigenvalue weighted by Crippen LogP contribution is -2.11. The molecule has 0 saturated carbocycles. The van der Waals surface area contributed by atoms with Gasteiger partial charge < -0.3 is 5.32 Å². The standard InChI is InChI=1S/C13H9BrClF3N2/c14-8-1-3-10(19-6-8)7-20-12-4-2-9(15)5-11(12)13(16,17)18/h1-6,20H,7H2. The maximum atomic E-state index is 12.9. The van der Waals surface area contributed by atoms with Crippen LogP contribution >= 0.6 is 27.5 Å². The summed E-state index contributed by atoms with van der Waals surface area (Å²) in [6.45, 7) is 0.192. The molecule has 1 aromatic heterocycles. The van der Waals surface area contributed by atoms with E-state index in [2.05, 4.69) is 26.2 Å². The lowest BCUT2D eigenvalue weighted by atomic mass is 10.1. The van der Waals surface area contributed by atoms with E-state index in [1.807, 2.05) is 0 Å². The zero-order valence-corrected chi connectivity index (χ0v) is 12.4. The molecule has 0 amide bonds. The molecule has 0 unspecified atom stereocenters. The average Bonchev–Trinajstić information content (AvgIpc) is 2.38. The monoisotopic (exact) mass is 364 g/mol. The number of anilines is 1. The Bertz CT molecular complexity index is 600. The number of pyridine rings is 1. The van der Waals surface area contributed by atoms with Gasteiger partial charge in [0.25, 0.3) is 0 Å². The molecule has 2 rings (SSSR count). The van der Waals surface area contributed by atoms with Crippen molar-refractivity contribution in [3.05, 3.63) is 57.3 Å². The van der Waals surface area contributed by atoms with Crippen LogP contribution in [0.2, 0.25) is 5.02 Å². The number of nitrogens with zero attached hydrogens (tertiary/aromatic N) is 1. The molecule has 2 aromatic rings. The fourth-order valence-corrected chi connectivity index (χ4v) is 2.01. The molecule has 20 heavy (non-hydrogen) atoms. The predicted molar refractivity (Wildman–Crippen MR) is 75.7 cm³/mol. The van der Waals surface area contributed by atoms with E-state index < -0.39 is 11.7 Å². The van der Waals surface area contributed by atoms with Crippen molar-refractivity contribution in [1.82, 2.24) is 4.98 Å². The van der Waals surface area contributed by atoms with Crippen molar-refractivity contribution in [3.63, 3.8) is 0 Å². The number of aromatic nitrogens is 1. The highest BCUT2D eigenvalue weighted by molar-refractivity contribution is 9.10. The minimum atomic E-state index is -4.46. The van der Waals surface area contributed by atoms with Crippen LogP contribution in [-0.2, 0) is 12.7 Å². The maximum absolute atomic E-state index is 12.9. The van der Waals surface area contributed by atoms with Gasteiger partial charge in [-0.15, -0.1) is 0 Å². The summed E-state index contributed by atoms with van der Waals surface area (Å²) in [5.74, 6) is 0. The number of halogens is 5. The van der Waals surface area contributed by atoms with Gasteiger partial charge in [-0.05, 0) is 46.3 Å². The number of hydrogen-bond donors (Lipinski definition) is 1. The molecule has 1 aromatic carbocycles. The van der Waals surface area contributed by atoms with E-state index in [1.165, 1.54) is 12.1 Å². The van der Waals surface area contributed by atoms with Crippen molar-refractivity contribution in [3.8, 4) is 0 Å². The lowest BCUT2D eigenvalue weighted by molar-refractivity contribution is -0.136. The van der Waals surface area contributed by atoms with Gasteiger partial charge in [-0.25, -0.2) is 0 Å². The molecule has 106 valence electrons. The molecule has 0 aliphatic rings. The Morgan fingerprint density at radius 3 is 2.55 bits per heavy atom. The third-order valence-electron chi connectivity index (χ3n) is 2.54. The van der Waals surface area contributed by atoms with E-state index in [0.29, 0.717) is 5.69 Å². The summed E-state index contributed by atoms with van der Waals surface area (Å²) in [5, 5.41) is 2.77. The van der Waals surface area contributed by atoms with Crippen LogP contribution in [0.25, 0.3) is 0 Å². The largest absolute Gasteiger partial charge is 0.418 e. The van der Waals surface area contributed by atoms with Crippen molar-refractivity contribution in [2.24, 2.45) is 0 Å². The van der Waals surface area contributed by atoms with Gasteiger partial charge in [0.05, 0.1) is 17.8 Å². The van der Waals surface area contributed by atoms with Crippen molar-refractivity contribution >= 4 is 33.2 Å². The van der Waals surface area contributed by atoms with E-state index in [4.69, 9.17) is 11.6 Å². The molecule has 0 bridgehead atoms. The Kier molecular flexibility index (Phi) is 4.55. The number of nitrogens with one attached hydrogen (secondary N) is 1. The highest BCUT2D eigenvalue weighted by atomic mass is 79.9. The second-order valence-corrected chi connectivity index (χ2v) is 5.36. The summed E-state index contributed by atoms with van der Waals surface area (Å²) >= 11 is 8.85. The van der Waals surface area contributed by atoms with Crippen LogP contribution in [0.4, 0.5) is 18.9 Å². The van der Waals surface area contributed by atoms with E-state index >= 15 is 0 Å². The molecule has 2 nitrogen and oxygen atoms in total. The average molecular weight is 366 g/mol. The third kappa shape index (κ3) is 3.86. The van der Waals surface area contributed by atoms with Crippen molar-refractivity contribution in [2.45, 2.75) is 12.7 Å². The molecule has 0 saturated heterocycles. The second kappa shape index (κ2) is 6.01. The summed E-state index contributed by atoms with van der Waals surface area (Å²) in [7, 11) is 0. The highest BCUT2D eigenvalue weighted by Crippen LogP contribution is 2.36. The molecule has 7 heteroatoms. The first-order valence-electron chi connectivity index (χ1n) is 5.57. The van der Waals surface area contributed by atoms with Crippen LogP contribution in [0.5, 0.6) is 0 Å². The SMILES string of the molecule is FC(F)(F)c1cc(Cl)ccc1NCc1ccc(Br)cn1. The minimum Gasteiger partial charge on any atom is -0.379 e. The van der Waals surface area contributed by atoms with Gasteiger partial charge in [0, 0.05) is 21.4 Å². The van der Waals surface area contributed by atoms with Gasteiger partial charge in [-0.2, -0.15) is 13.2 Å². The lowest BCUT2D eigenvalue weighted by Gasteiger charge is -2.14. The molecule has 0 spiro atoms. The Morgan fingerprint density at radius 2 is 1.95 bits per heavy atom. The van der Waals surface area contributed by atoms with Crippen LogP contribution in [0.15, 0.2) is 41.0 Å². The van der Waals surface area contributed by atoms with Gasteiger partial charge in [0.2, 0.25) is 0 Å². The molecule has 0 fully saturated rings. The van der Waals surface area contributed by atoms with Gasteiger partial charge in [-0.1, -0.05) is 11.6 Å². The van der Waals surface area contributed by atoms with Gasteiger partial charge in [0.1, 0.15) is 0 Å². The van der Waals surface area contributed by atoms with Crippen LogP contribution in [0, 0.1) is 0 Å². The minimum absolute atomic E-state index is 0.0216. The Hall–Kier alpha value is -1.27. The second-order valence-electron chi connectivity index (χ2n) is 4.01. The number of rotatable bonds is 3. The summed E-state index contributed by atoms with van der Waals surface area (Å²) in [5.41, 5.74) is -0.176. The van der Waals surface area contributed by atoms with Gasteiger partial charge >= 0.3 is 6.18 Å². The normalized spacial score (nSPS) is 11.4. The molecular weight excluding hydrogens is 357 g/mol. The number of hydrogen-bond acceptors (Lipinski definition) is 2. The van der Waals surface area contributed by atoms with Crippen LogP contribution in [-0.4, -0.2) is 4.98 Å². The zero-order valence-electron chi connectivity index (χ0n) is 10.0. The van der Waals surface area contributed by atoms with E-state index in [1.54, 1.807) is 18.3 Å². The summed E-state index contributed by atoms with van der Waals surface area (Å²) in [6, 6.07) is 7.12. The third-order valence-corrected chi connectivity index (χ3v) is 3.24. The Balaban J connectivity index is 2.19. The van der Waals surface area contributed by atoms with Crippen LogP contribution in [0.3, 0.4) is 0 Å². The highest BCUT2D eigenvalue weighted by Gasteiger charge is 2.33. The van der Waals surface area contributed by atoms with E-state index in [-0.39, 0.29) is 17.3 Å². The Labute approximate surface area is 127 Å². The predicted octanol–water partition coefficient (Wildman–Crippen LogP) is 5.13. The van der Waals surface area contributed by atoms with Crippen molar-refractivity contribution < 1.29 is 13.2 Å². The fraction of sp³-hybridized carbons (Fsp3) is 0.154. The zero-order chi connectivity index (χ0) is 14.8. The topological polar surface area (TPSA) is 24.9 Å². The first-order valence-corrected chi connectivity index (χ1v) is 6.74. The first kappa shape index (κ1) is 15.1. The van der Waals surface area contributed by atoms with E-state index in [9.17, 15) is 13.2 Å². The molecular formula is C13H9BrClF3N2. The smallest absolute Gasteiger partial charge is 0.379 e. The summed E-state index contributed by atoms with van der Waals surface area (Å²) in [6.07, 6.45) is -2.87. The Morgan fingerprint density at radius 1 is 1.20 bits per heavy atom. The molecule has 1 heterocycles. The summed E-state index contributed by atoms with van der Waals surface area (Å²) in [4.78, 5) is 4.09. The molecule has 0 aliphatic heterocycles. The molecule has 0 radical (unpaired) electrons. The van der Waals surface area contributed by atoms with Crippen LogP contribution in [0.1, 0.15) is 11.3 Å². The van der Waals surface area contributed by atoms with E-state index in [0.717, 1.165) is 10.5 Å². The molecule has 1 N–H and O–H groups in total. The molecule has 0 atom stereocenters. The summed E-state index contributed by atoms with van der Waals surface area (Å²) < 4.78 is 39.5. The van der Waals surface area contributed by atoms with Crippen molar-refractivity contribution in [1.29, 1.82) is 0 Å². The van der Waals surface area contributed by atoms with Gasteiger partial charge in [-0.3, -0.25) is 4.98 Å². The quantitative estimate of drug-likeness (QED) is 0.816.